The number of ether oxygens (including phenoxy) is 1. The average molecular weight is 335 g/mol. The quantitative estimate of drug-likeness (QED) is 0.608. The predicted octanol–water partition coefficient (Wildman–Crippen LogP) is 1.83. The number of carbonyl (C=O) groups is 1. The normalized spacial score (nSPS) is 12.2. The lowest BCUT2D eigenvalue weighted by atomic mass is 9.93. The fourth-order valence-electron chi connectivity index (χ4n) is 2.09. The minimum absolute atomic E-state index is 0.0188. The second-order valence-corrected chi connectivity index (χ2v) is 8.00. The van der Waals surface area contributed by atoms with E-state index in [1.807, 2.05) is 24.3 Å². The van der Waals surface area contributed by atoms with E-state index in [9.17, 15) is 4.79 Å². The van der Waals surface area contributed by atoms with Crippen molar-refractivity contribution in [2.45, 2.75) is 40.7 Å². The van der Waals surface area contributed by atoms with Gasteiger partial charge in [-0.05, 0) is 17.7 Å². The summed E-state index contributed by atoms with van der Waals surface area (Å²) in [5, 5.41) is 2.99. The van der Waals surface area contributed by atoms with E-state index in [0.29, 0.717) is 39.3 Å². The minimum atomic E-state index is -0.121. The summed E-state index contributed by atoms with van der Waals surface area (Å²) in [5.41, 5.74) is 13.2. The molecule has 24 heavy (non-hydrogen) atoms. The van der Waals surface area contributed by atoms with Gasteiger partial charge < -0.3 is 21.5 Å². The van der Waals surface area contributed by atoms with Crippen LogP contribution < -0.4 is 16.8 Å². The summed E-state index contributed by atoms with van der Waals surface area (Å²) in [6.07, 6.45) is 0.377. The lowest BCUT2D eigenvalue weighted by Gasteiger charge is -2.28. The third-order valence-electron chi connectivity index (χ3n) is 3.93. The first-order valence-corrected chi connectivity index (χ1v) is 8.50. The van der Waals surface area contributed by atoms with Gasteiger partial charge in [0.25, 0.3) is 0 Å². The second-order valence-electron chi connectivity index (χ2n) is 8.00. The molecule has 0 spiro atoms. The Bertz CT molecular complexity index is 510. The molecule has 0 aliphatic carbocycles. The number of hydrogen-bond donors (Lipinski definition) is 3. The van der Waals surface area contributed by atoms with Crippen molar-refractivity contribution in [1.82, 2.24) is 5.32 Å². The molecule has 1 aromatic carbocycles. The van der Waals surface area contributed by atoms with E-state index in [1.54, 1.807) is 0 Å². The molecule has 0 fully saturated rings. The van der Waals surface area contributed by atoms with Crippen molar-refractivity contribution >= 4 is 5.91 Å². The number of rotatable bonds is 10. The highest BCUT2D eigenvalue weighted by Gasteiger charge is 2.22. The van der Waals surface area contributed by atoms with Gasteiger partial charge in [-0.15, -0.1) is 0 Å². The summed E-state index contributed by atoms with van der Waals surface area (Å²) < 4.78 is 5.79. The zero-order valence-electron chi connectivity index (χ0n) is 15.5. The molecule has 136 valence electrons. The molecule has 0 radical (unpaired) electrons. The highest BCUT2D eigenvalue weighted by atomic mass is 16.5. The van der Waals surface area contributed by atoms with Gasteiger partial charge in [0.15, 0.2) is 0 Å². The van der Waals surface area contributed by atoms with Gasteiger partial charge in [0.05, 0.1) is 19.6 Å². The van der Waals surface area contributed by atoms with Crippen molar-refractivity contribution in [3.05, 3.63) is 35.4 Å². The summed E-state index contributed by atoms with van der Waals surface area (Å²) in [5.74, 6) is 0.0193. The van der Waals surface area contributed by atoms with Crippen molar-refractivity contribution in [3.63, 3.8) is 0 Å². The van der Waals surface area contributed by atoms with Crippen LogP contribution in [-0.2, 0) is 22.5 Å². The highest BCUT2D eigenvalue weighted by Crippen LogP contribution is 2.18. The Kier molecular flexibility index (Phi) is 7.87. The largest absolute Gasteiger partial charge is 0.380 e. The Labute approximate surface area is 146 Å². The number of nitrogens with two attached hydrogens (primary N) is 2. The van der Waals surface area contributed by atoms with Gasteiger partial charge in [-0.2, -0.15) is 0 Å². The van der Waals surface area contributed by atoms with Crippen LogP contribution in [0.2, 0.25) is 0 Å². The summed E-state index contributed by atoms with van der Waals surface area (Å²) in [7, 11) is 0. The molecule has 5 nitrogen and oxygen atoms in total. The standard InChI is InChI=1S/C19H33N3O2/c1-18(2,11-21)13-24-14-19(3,4)12-22-17(23)9-15-5-7-16(10-20)8-6-15/h5-8H,9-14,20-21H2,1-4H3,(H,22,23). The molecular weight excluding hydrogens is 302 g/mol. The molecule has 0 saturated heterocycles. The third kappa shape index (κ3) is 7.90. The molecule has 0 bridgehead atoms. The molecule has 5 heteroatoms. The predicted molar refractivity (Wildman–Crippen MR) is 98.5 cm³/mol. The SMILES string of the molecule is CC(C)(CN)COCC(C)(C)CNC(=O)Cc1ccc(CN)cc1. The van der Waals surface area contributed by atoms with E-state index >= 15 is 0 Å². The van der Waals surface area contributed by atoms with Crippen molar-refractivity contribution in [2.24, 2.45) is 22.3 Å². The van der Waals surface area contributed by atoms with Gasteiger partial charge in [0.1, 0.15) is 0 Å². The fraction of sp³-hybridized carbons (Fsp3) is 0.632. The summed E-state index contributed by atoms with van der Waals surface area (Å²) in [4.78, 5) is 12.1. The Morgan fingerprint density at radius 2 is 1.54 bits per heavy atom. The van der Waals surface area contributed by atoms with E-state index in [0.717, 1.165) is 11.1 Å². The van der Waals surface area contributed by atoms with Crippen LogP contribution >= 0.6 is 0 Å². The van der Waals surface area contributed by atoms with Crippen molar-refractivity contribution in [1.29, 1.82) is 0 Å². The van der Waals surface area contributed by atoms with Gasteiger partial charge in [-0.1, -0.05) is 52.0 Å². The average Bonchev–Trinajstić information content (AvgIpc) is 2.53. The first kappa shape index (κ1) is 20.6. The van der Waals surface area contributed by atoms with E-state index in [2.05, 4.69) is 33.0 Å². The topological polar surface area (TPSA) is 90.4 Å². The first-order chi connectivity index (χ1) is 11.2. The van der Waals surface area contributed by atoms with Crippen LogP contribution in [-0.4, -0.2) is 32.2 Å². The minimum Gasteiger partial charge on any atom is -0.380 e. The highest BCUT2D eigenvalue weighted by molar-refractivity contribution is 5.78. The lowest BCUT2D eigenvalue weighted by Crippen LogP contribution is -2.38. The van der Waals surface area contributed by atoms with Gasteiger partial charge in [-0.3, -0.25) is 4.79 Å². The Hall–Kier alpha value is -1.43. The van der Waals surface area contributed by atoms with Gasteiger partial charge in [0, 0.05) is 23.9 Å². The molecule has 0 aliphatic heterocycles. The molecule has 0 aliphatic rings. The van der Waals surface area contributed by atoms with E-state index in [-0.39, 0.29) is 16.7 Å². The molecule has 1 rings (SSSR count). The number of amides is 1. The van der Waals surface area contributed by atoms with E-state index < -0.39 is 0 Å². The molecule has 1 aromatic rings. The Balaban J connectivity index is 2.35. The zero-order valence-corrected chi connectivity index (χ0v) is 15.5. The smallest absolute Gasteiger partial charge is 0.224 e. The number of benzene rings is 1. The summed E-state index contributed by atoms with van der Waals surface area (Å²) in [6, 6.07) is 7.81. The van der Waals surface area contributed by atoms with Crippen LogP contribution in [0.25, 0.3) is 0 Å². The van der Waals surface area contributed by atoms with Gasteiger partial charge in [-0.25, -0.2) is 0 Å². The summed E-state index contributed by atoms with van der Waals surface area (Å²) in [6.45, 7) is 11.2. The van der Waals surface area contributed by atoms with E-state index in [1.165, 1.54) is 0 Å². The zero-order chi connectivity index (χ0) is 18.2. The van der Waals surface area contributed by atoms with Crippen LogP contribution in [0.5, 0.6) is 0 Å². The molecule has 5 N–H and O–H groups in total. The molecule has 0 unspecified atom stereocenters. The lowest BCUT2D eigenvalue weighted by molar-refractivity contribution is -0.121. The van der Waals surface area contributed by atoms with Crippen molar-refractivity contribution < 1.29 is 9.53 Å². The summed E-state index contributed by atoms with van der Waals surface area (Å²) >= 11 is 0. The number of hydrogen-bond acceptors (Lipinski definition) is 4. The van der Waals surface area contributed by atoms with Crippen LogP contribution in [0.3, 0.4) is 0 Å². The van der Waals surface area contributed by atoms with Crippen molar-refractivity contribution in [3.8, 4) is 0 Å². The molecule has 0 atom stereocenters. The van der Waals surface area contributed by atoms with Crippen LogP contribution in [0.15, 0.2) is 24.3 Å². The fourth-order valence-corrected chi connectivity index (χ4v) is 2.09. The van der Waals surface area contributed by atoms with Crippen LogP contribution in [0, 0.1) is 10.8 Å². The molecular formula is C19H33N3O2. The van der Waals surface area contributed by atoms with Crippen LogP contribution in [0.1, 0.15) is 38.8 Å². The van der Waals surface area contributed by atoms with E-state index in [4.69, 9.17) is 16.2 Å². The maximum atomic E-state index is 12.1. The van der Waals surface area contributed by atoms with Gasteiger partial charge >= 0.3 is 0 Å². The Morgan fingerprint density at radius 1 is 1.00 bits per heavy atom. The van der Waals surface area contributed by atoms with Crippen molar-refractivity contribution in [2.75, 3.05) is 26.3 Å². The van der Waals surface area contributed by atoms with Crippen LogP contribution in [0.4, 0.5) is 0 Å². The molecule has 0 saturated carbocycles. The maximum absolute atomic E-state index is 12.1. The molecule has 0 aromatic heterocycles. The van der Waals surface area contributed by atoms with Gasteiger partial charge in [0.2, 0.25) is 5.91 Å². The number of nitrogens with one attached hydrogen (secondary N) is 1. The molecule has 0 heterocycles. The third-order valence-corrected chi connectivity index (χ3v) is 3.93. The second kappa shape index (κ2) is 9.16. The maximum Gasteiger partial charge on any atom is 0.224 e. The monoisotopic (exact) mass is 335 g/mol. The molecule has 1 amide bonds. The Morgan fingerprint density at radius 3 is 2.08 bits per heavy atom. The first-order valence-electron chi connectivity index (χ1n) is 8.50. The number of carbonyl (C=O) groups excluding carboxylic acids is 1.